The van der Waals surface area contributed by atoms with Crippen LogP contribution in [-0.4, -0.2) is 38.7 Å². The summed E-state index contributed by atoms with van der Waals surface area (Å²) < 4.78 is 50.2. The Morgan fingerprint density at radius 1 is 0.457 bits per heavy atom. The lowest BCUT2D eigenvalue weighted by Gasteiger charge is -2.30. The maximum absolute atomic E-state index is 14.1. The Bertz CT molecular complexity index is 426. The van der Waals surface area contributed by atoms with Gasteiger partial charge < -0.3 is 14.2 Å². The van der Waals surface area contributed by atoms with Gasteiger partial charge in [-0.25, -0.2) is 4.57 Å². The predicted molar refractivity (Wildman–Crippen MR) is 143 cm³/mol. The fourth-order valence-corrected chi connectivity index (χ4v) is 4.71. The van der Waals surface area contributed by atoms with Crippen molar-refractivity contribution in [1.29, 1.82) is 0 Å². The van der Waals surface area contributed by atoms with Crippen molar-refractivity contribution in [2.75, 3.05) is 19.8 Å². The van der Waals surface area contributed by atoms with Crippen LogP contribution in [0.3, 0.4) is 0 Å². The summed E-state index contributed by atoms with van der Waals surface area (Å²) in [5.41, 5.74) is 0. The van der Waals surface area contributed by atoms with Crippen LogP contribution in [0.25, 0.3) is 0 Å². The molecule has 35 heavy (non-hydrogen) atoms. The van der Waals surface area contributed by atoms with Crippen LogP contribution >= 0.6 is 7.82 Å². The Kier molecular flexibility index (Phi) is 24.3. The molecule has 0 N–H and O–H groups in total. The van der Waals surface area contributed by atoms with E-state index in [4.69, 9.17) is 27.8 Å². The minimum Gasteiger partial charge on any atom is -0.352 e. The summed E-state index contributed by atoms with van der Waals surface area (Å²) in [5, 5.41) is 0. The maximum Gasteiger partial charge on any atom is 0.481 e. The van der Waals surface area contributed by atoms with Crippen LogP contribution < -0.4 is 0 Å². The molecule has 3 unspecified atom stereocenters. The minimum atomic E-state index is -4.03. The van der Waals surface area contributed by atoms with Crippen molar-refractivity contribution < 1.29 is 32.3 Å². The summed E-state index contributed by atoms with van der Waals surface area (Å²) in [5.74, 6) is 0. The van der Waals surface area contributed by atoms with E-state index < -0.39 is 26.7 Å². The van der Waals surface area contributed by atoms with Gasteiger partial charge in [0.15, 0.2) is 18.9 Å². The van der Waals surface area contributed by atoms with Crippen molar-refractivity contribution in [2.24, 2.45) is 0 Å². The van der Waals surface area contributed by atoms with Crippen LogP contribution in [0.2, 0.25) is 0 Å². The van der Waals surface area contributed by atoms with E-state index in [9.17, 15) is 4.57 Å². The monoisotopic (exact) mass is 524 g/mol. The van der Waals surface area contributed by atoms with Gasteiger partial charge in [-0.1, -0.05) is 80.1 Å². The van der Waals surface area contributed by atoms with Crippen molar-refractivity contribution in [3.8, 4) is 0 Å². The first-order valence-electron chi connectivity index (χ1n) is 14.5. The van der Waals surface area contributed by atoms with Gasteiger partial charge in [-0.2, -0.15) is 0 Å². The van der Waals surface area contributed by atoms with Gasteiger partial charge in [0.05, 0.1) is 0 Å². The molecule has 0 aromatic carbocycles. The van der Waals surface area contributed by atoms with Crippen molar-refractivity contribution >= 4 is 7.82 Å². The molecule has 0 aliphatic rings. The Morgan fingerprint density at radius 3 is 0.943 bits per heavy atom. The number of hydrogen-bond donors (Lipinski definition) is 0. The van der Waals surface area contributed by atoms with Gasteiger partial charge in [-0.05, 0) is 57.8 Å². The Hall–Kier alpha value is -0.0100. The standard InChI is InChI=1S/C27H57O7P/c1-7-13-19-25(29-22-16-10-4)32-35(28,33-26(20-14-8-2)30-23-17-11-5)34-27(21-15-9-3)31-24-18-12-6/h25-27H,7-24H2,1-6H3. The highest BCUT2D eigenvalue weighted by Crippen LogP contribution is 2.54. The van der Waals surface area contributed by atoms with E-state index in [1.54, 1.807) is 0 Å². The number of unbranched alkanes of at least 4 members (excludes halogenated alkanes) is 6. The first-order chi connectivity index (χ1) is 17.0. The lowest BCUT2D eigenvalue weighted by Crippen LogP contribution is -2.26. The molecule has 0 rings (SSSR count). The smallest absolute Gasteiger partial charge is 0.352 e. The van der Waals surface area contributed by atoms with E-state index in [1.165, 1.54) is 0 Å². The molecule has 0 aromatic heterocycles. The maximum atomic E-state index is 14.1. The minimum absolute atomic E-state index is 0.545. The van der Waals surface area contributed by atoms with Gasteiger partial charge in [0.1, 0.15) is 0 Å². The van der Waals surface area contributed by atoms with Crippen molar-refractivity contribution in [3.63, 3.8) is 0 Å². The van der Waals surface area contributed by atoms with Crippen LogP contribution in [0, 0.1) is 0 Å². The molecular formula is C27H57O7P. The molecule has 0 aliphatic heterocycles. The molecule has 0 aromatic rings. The average molecular weight is 525 g/mol. The zero-order valence-corrected chi connectivity index (χ0v) is 24.7. The first-order valence-corrected chi connectivity index (χ1v) is 15.9. The largest absolute Gasteiger partial charge is 0.481 e. The van der Waals surface area contributed by atoms with Gasteiger partial charge in [-0.15, -0.1) is 0 Å². The quantitative estimate of drug-likeness (QED) is 0.0602. The Balaban J connectivity index is 5.69. The molecule has 0 fully saturated rings. The van der Waals surface area contributed by atoms with E-state index in [0.29, 0.717) is 39.1 Å². The number of rotatable bonds is 27. The van der Waals surface area contributed by atoms with Gasteiger partial charge in [0, 0.05) is 19.8 Å². The molecule has 8 heteroatoms. The molecule has 0 bridgehead atoms. The number of hydrogen-bond acceptors (Lipinski definition) is 7. The molecule has 3 atom stereocenters. The van der Waals surface area contributed by atoms with E-state index in [-0.39, 0.29) is 0 Å². The lowest BCUT2D eigenvalue weighted by atomic mass is 10.2. The van der Waals surface area contributed by atoms with Gasteiger partial charge in [0.2, 0.25) is 0 Å². The van der Waals surface area contributed by atoms with Crippen molar-refractivity contribution in [2.45, 2.75) is 157 Å². The Morgan fingerprint density at radius 2 is 0.714 bits per heavy atom. The van der Waals surface area contributed by atoms with Crippen LogP contribution in [0.4, 0.5) is 0 Å². The van der Waals surface area contributed by atoms with Crippen molar-refractivity contribution in [3.05, 3.63) is 0 Å². The highest BCUT2D eigenvalue weighted by atomic mass is 31.2. The predicted octanol–water partition coefficient (Wildman–Crippen LogP) is 9.14. The third kappa shape index (κ3) is 19.7. The number of phosphoric acid groups is 1. The molecule has 0 radical (unpaired) electrons. The lowest BCUT2D eigenvalue weighted by molar-refractivity contribution is -0.164. The zero-order valence-electron chi connectivity index (χ0n) is 23.8. The van der Waals surface area contributed by atoms with Gasteiger partial charge in [-0.3, -0.25) is 13.6 Å². The fourth-order valence-electron chi connectivity index (χ4n) is 3.20. The summed E-state index contributed by atoms with van der Waals surface area (Å²) in [6.45, 7) is 14.3. The summed E-state index contributed by atoms with van der Waals surface area (Å²) in [7, 11) is -4.03. The van der Waals surface area contributed by atoms with Gasteiger partial charge in [0.25, 0.3) is 0 Å². The third-order valence-electron chi connectivity index (χ3n) is 5.53. The third-order valence-corrected chi connectivity index (χ3v) is 7.01. The topological polar surface area (TPSA) is 72.5 Å². The average Bonchev–Trinajstić information content (AvgIpc) is 2.84. The van der Waals surface area contributed by atoms with Crippen LogP contribution in [0.1, 0.15) is 138 Å². The zero-order chi connectivity index (χ0) is 26.2. The van der Waals surface area contributed by atoms with Crippen LogP contribution in [0.15, 0.2) is 0 Å². The van der Waals surface area contributed by atoms with E-state index in [2.05, 4.69) is 41.5 Å². The SMILES string of the molecule is CCCCOC(CCCC)OP(=O)(OC(CCCC)OCCCC)OC(CCCC)OCCCC. The van der Waals surface area contributed by atoms with E-state index >= 15 is 0 Å². The normalized spacial score (nSPS) is 16.2. The second-order valence-corrected chi connectivity index (χ2v) is 10.7. The van der Waals surface area contributed by atoms with Crippen LogP contribution in [-0.2, 0) is 32.3 Å². The highest BCUT2D eigenvalue weighted by Gasteiger charge is 2.38. The summed E-state index contributed by atoms with van der Waals surface area (Å²) in [6, 6.07) is 0. The summed E-state index contributed by atoms with van der Waals surface area (Å²) in [6.07, 6.45) is 11.4. The molecule has 7 nitrogen and oxygen atoms in total. The van der Waals surface area contributed by atoms with Gasteiger partial charge >= 0.3 is 7.82 Å². The van der Waals surface area contributed by atoms with E-state index in [0.717, 1.165) is 77.0 Å². The molecule has 0 saturated carbocycles. The molecule has 212 valence electrons. The molecule has 0 spiro atoms. The molecule has 0 aliphatic carbocycles. The highest BCUT2D eigenvalue weighted by molar-refractivity contribution is 7.48. The molecular weight excluding hydrogens is 467 g/mol. The van der Waals surface area contributed by atoms with Crippen molar-refractivity contribution in [1.82, 2.24) is 0 Å². The number of ether oxygens (including phenoxy) is 3. The molecule has 0 heterocycles. The number of phosphoric ester groups is 1. The first kappa shape index (κ1) is 35.0. The Labute approximate surface area is 216 Å². The second kappa shape index (κ2) is 24.3. The molecule has 0 saturated heterocycles. The summed E-state index contributed by atoms with van der Waals surface area (Å²) in [4.78, 5) is 0. The van der Waals surface area contributed by atoms with E-state index in [1.807, 2.05) is 0 Å². The summed E-state index contributed by atoms with van der Waals surface area (Å²) >= 11 is 0. The van der Waals surface area contributed by atoms with Crippen LogP contribution in [0.5, 0.6) is 0 Å². The fraction of sp³-hybridized carbons (Fsp3) is 1.00. The second-order valence-electron chi connectivity index (χ2n) is 9.15. The molecule has 0 amide bonds.